The fourth-order valence-corrected chi connectivity index (χ4v) is 3.46. The average molecular weight is 306 g/mol. The number of aryl methyl sites for hydroxylation is 1. The van der Waals surface area contributed by atoms with E-state index in [1.54, 1.807) is 0 Å². The van der Waals surface area contributed by atoms with E-state index >= 15 is 0 Å². The zero-order valence-electron chi connectivity index (χ0n) is 13.7. The lowest BCUT2D eigenvalue weighted by Gasteiger charge is -2.32. The molecule has 1 aliphatic heterocycles. The number of aromatic nitrogens is 3. The maximum atomic E-state index is 4.94. The van der Waals surface area contributed by atoms with Gasteiger partial charge >= 0.3 is 0 Å². The van der Waals surface area contributed by atoms with Gasteiger partial charge in [0.15, 0.2) is 5.82 Å². The Balaban J connectivity index is 1.87. The van der Waals surface area contributed by atoms with E-state index in [0.717, 1.165) is 47.0 Å². The summed E-state index contributed by atoms with van der Waals surface area (Å²) in [6.07, 6.45) is 2.54. The Hall–Kier alpha value is -2.36. The fourth-order valence-electron chi connectivity index (χ4n) is 3.46. The highest BCUT2D eigenvalue weighted by atomic mass is 15.2. The molecule has 1 atom stereocenters. The Bertz CT molecular complexity index is 822. The second kappa shape index (κ2) is 5.69. The molecule has 0 spiro atoms. The van der Waals surface area contributed by atoms with Crippen molar-refractivity contribution in [3.05, 3.63) is 42.1 Å². The normalized spacial score (nSPS) is 18.5. The average Bonchev–Trinajstić information content (AvgIpc) is 2.95. The summed E-state index contributed by atoms with van der Waals surface area (Å²) in [5, 5.41) is 1.14. The Kier molecular flexibility index (Phi) is 3.52. The van der Waals surface area contributed by atoms with Gasteiger partial charge in [0.05, 0.1) is 5.39 Å². The summed E-state index contributed by atoms with van der Waals surface area (Å²) in [5.41, 5.74) is 3.13. The summed E-state index contributed by atoms with van der Waals surface area (Å²) in [6.45, 7) is 6.55. The summed E-state index contributed by atoms with van der Waals surface area (Å²) in [5.74, 6) is 2.59. The van der Waals surface area contributed by atoms with Crippen LogP contribution in [-0.2, 0) is 0 Å². The van der Waals surface area contributed by atoms with Gasteiger partial charge in [-0.05, 0) is 31.7 Å². The number of benzene rings is 1. The zero-order chi connectivity index (χ0) is 15.8. The van der Waals surface area contributed by atoms with Crippen LogP contribution in [0.25, 0.3) is 22.4 Å². The fraction of sp³-hybridized carbons (Fsp3) is 0.368. The standard InChI is InChI=1S/C19H22N4/c1-13-7-6-10-23(12-13)19-16-11-14(2)20-18(16)21-17(22-19)15-8-4-3-5-9-15/h3-5,8-9,11,13H,6-7,10,12H2,1-2H3,(H,20,21,22). The molecule has 4 nitrogen and oxygen atoms in total. The van der Waals surface area contributed by atoms with Gasteiger partial charge in [0, 0.05) is 24.3 Å². The molecule has 1 aromatic carbocycles. The molecular formula is C19H22N4. The molecule has 0 amide bonds. The minimum absolute atomic E-state index is 0.717. The molecule has 1 unspecified atom stereocenters. The molecule has 3 aromatic rings. The lowest BCUT2D eigenvalue weighted by Crippen LogP contribution is -2.35. The molecule has 118 valence electrons. The molecule has 1 saturated heterocycles. The number of nitrogens with one attached hydrogen (secondary N) is 1. The van der Waals surface area contributed by atoms with Crippen molar-refractivity contribution in [2.45, 2.75) is 26.7 Å². The van der Waals surface area contributed by atoms with E-state index in [0.29, 0.717) is 5.92 Å². The number of hydrogen-bond donors (Lipinski definition) is 1. The maximum Gasteiger partial charge on any atom is 0.163 e. The van der Waals surface area contributed by atoms with Crippen LogP contribution in [0.15, 0.2) is 36.4 Å². The van der Waals surface area contributed by atoms with Gasteiger partial charge in [-0.3, -0.25) is 0 Å². The highest BCUT2D eigenvalue weighted by Gasteiger charge is 2.21. The van der Waals surface area contributed by atoms with Gasteiger partial charge < -0.3 is 9.88 Å². The second-order valence-corrected chi connectivity index (χ2v) is 6.64. The van der Waals surface area contributed by atoms with Gasteiger partial charge in [0.1, 0.15) is 11.5 Å². The van der Waals surface area contributed by atoms with Crippen molar-refractivity contribution < 1.29 is 0 Å². The van der Waals surface area contributed by atoms with Gasteiger partial charge in [-0.2, -0.15) is 0 Å². The molecule has 0 saturated carbocycles. The number of fused-ring (bicyclic) bond motifs is 1. The lowest BCUT2D eigenvalue weighted by atomic mass is 10.0. The van der Waals surface area contributed by atoms with Crippen molar-refractivity contribution in [3.63, 3.8) is 0 Å². The quantitative estimate of drug-likeness (QED) is 0.773. The van der Waals surface area contributed by atoms with E-state index in [4.69, 9.17) is 9.97 Å². The van der Waals surface area contributed by atoms with Crippen molar-refractivity contribution >= 4 is 16.9 Å². The predicted molar refractivity (Wildman–Crippen MR) is 94.7 cm³/mol. The Labute approximate surface area is 136 Å². The SMILES string of the molecule is Cc1cc2c(N3CCCC(C)C3)nc(-c3ccccc3)nc2[nH]1. The van der Waals surface area contributed by atoms with E-state index < -0.39 is 0 Å². The van der Waals surface area contributed by atoms with Crippen LogP contribution in [0.1, 0.15) is 25.5 Å². The van der Waals surface area contributed by atoms with Crippen LogP contribution in [0, 0.1) is 12.8 Å². The van der Waals surface area contributed by atoms with Crippen molar-refractivity contribution in [1.29, 1.82) is 0 Å². The molecule has 0 bridgehead atoms. The molecule has 2 aromatic heterocycles. The summed E-state index contributed by atoms with van der Waals surface area (Å²) in [7, 11) is 0. The Morgan fingerprint density at radius 2 is 2.00 bits per heavy atom. The Morgan fingerprint density at radius 3 is 2.78 bits per heavy atom. The van der Waals surface area contributed by atoms with Crippen LogP contribution in [0.5, 0.6) is 0 Å². The van der Waals surface area contributed by atoms with Crippen LogP contribution < -0.4 is 4.90 Å². The molecule has 1 fully saturated rings. The molecular weight excluding hydrogens is 284 g/mol. The predicted octanol–water partition coefficient (Wildman–Crippen LogP) is 4.17. The maximum absolute atomic E-state index is 4.94. The van der Waals surface area contributed by atoms with Gasteiger partial charge in [-0.25, -0.2) is 9.97 Å². The number of rotatable bonds is 2. The summed E-state index contributed by atoms with van der Waals surface area (Å²) in [6, 6.07) is 12.4. The number of piperidine rings is 1. The van der Waals surface area contributed by atoms with E-state index in [1.165, 1.54) is 12.8 Å². The third-order valence-electron chi connectivity index (χ3n) is 4.59. The lowest BCUT2D eigenvalue weighted by molar-refractivity contribution is 0.445. The monoisotopic (exact) mass is 306 g/mol. The van der Waals surface area contributed by atoms with E-state index in [-0.39, 0.29) is 0 Å². The smallest absolute Gasteiger partial charge is 0.163 e. The minimum Gasteiger partial charge on any atom is -0.356 e. The molecule has 0 aliphatic carbocycles. The van der Waals surface area contributed by atoms with Gasteiger partial charge in [-0.15, -0.1) is 0 Å². The third-order valence-corrected chi connectivity index (χ3v) is 4.59. The summed E-state index contributed by atoms with van der Waals surface area (Å²) >= 11 is 0. The number of nitrogens with zero attached hydrogens (tertiary/aromatic N) is 3. The van der Waals surface area contributed by atoms with Crippen molar-refractivity contribution in [2.24, 2.45) is 5.92 Å². The molecule has 23 heavy (non-hydrogen) atoms. The summed E-state index contributed by atoms with van der Waals surface area (Å²) in [4.78, 5) is 15.5. The first-order valence-electron chi connectivity index (χ1n) is 8.38. The third kappa shape index (κ3) is 2.69. The molecule has 4 heteroatoms. The number of aromatic amines is 1. The van der Waals surface area contributed by atoms with Crippen molar-refractivity contribution in [1.82, 2.24) is 15.0 Å². The second-order valence-electron chi connectivity index (χ2n) is 6.64. The number of anilines is 1. The topological polar surface area (TPSA) is 44.8 Å². The van der Waals surface area contributed by atoms with Crippen molar-refractivity contribution in [3.8, 4) is 11.4 Å². The first-order valence-corrected chi connectivity index (χ1v) is 8.38. The Morgan fingerprint density at radius 1 is 1.17 bits per heavy atom. The molecule has 1 aliphatic rings. The van der Waals surface area contributed by atoms with Crippen LogP contribution in [0.3, 0.4) is 0 Å². The minimum atomic E-state index is 0.717. The summed E-state index contributed by atoms with van der Waals surface area (Å²) < 4.78 is 0. The molecule has 3 heterocycles. The first-order chi connectivity index (χ1) is 11.2. The van der Waals surface area contributed by atoms with Crippen LogP contribution in [0.4, 0.5) is 5.82 Å². The van der Waals surface area contributed by atoms with Crippen LogP contribution >= 0.6 is 0 Å². The van der Waals surface area contributed by atoms with E-state index in [1.807, 2.05) is 18.2 Å². The van der Waals surface area contributed by atoms with Gasteiger partial charge in [-0.1, -0.05) is 37.3 Å². The zero-order valence-corrected chi connectivity index (χ0v) is 13.7. The molecule has 4 rings (SSSR count). The molecule has 0 radical (unpaired) electrons. The van der Waals surface area contributed by atoms with E-state index in [9.17, 15) is 0 Å². The van der Waals surface area contributed by atoms with Crippen LogP contribution in [0.2, 0.25) is 0 Å². The first kappa shape index (κ1) is 14.2. The number of H-pyrrole nitrogens is 1. The highest BCUT2D eigenvalue weighted by molar-refractivity contribution is 5.90. The highest BCUT2D eigenvalue weighted by Crippen LogP contribution is 2.30. The number of hydrogen-bond acceptors (Lipinski definition) is 3. The van der Waals surface area contributed by atoms with Crippen molar-refractivity contribution in [2.75, 3.05) is 18.0 Å². The molecule has 1 N–H and O–H groups in total. The van der Waals surface area contributed by atoms with E-state index in [2.05, 4.69) is 41.9 Å². The van der Waals surface area contributed by atoms with Crippen LogP contribution in [-0.4, -0.2) is 28.0 Å². The van der Waals surface area contributed by atoms with Gasteiger partial charge in [0.25, 0.3) is 0 Å². The largest absolute Gasteiger partial charge is 0.356 e. The van der Waals surface area contributed by atoms with Gasteiger partial charge in [0.2, 0.25) is 0 Å².